The van der Waals surface area contributed by atoms with E-state index in [1.807, 2.05) is 12.1 Å². The monoisotopic (exact) mass is 244 g/mol. The van der Waals surface area contributed by atoms with Crippen molar-refractivity contribution in [1.29, 1.82) is 0 Å². The highest BCUT2D eigenvalue weighted by atomic mass is 16.5. The van der Waals surface area contributed by atoms with Gasteiger partial charge >= 0.3 is 0 Å². The van der Waals surface area contributed by atoms with E-state index in [4.69, 9.17) is 10.3 Å². The summed E-state index contributed by atoms with van der Waals surface area (Å²) in [6.07, 6.45) is 7.28. The molecule has 18 heavy (non-hydrogen) atoms. The minimum atomic E-state index is 0.283. The molecule has 1 aliphatic carbocycles. The predicted molar refractivity (Wildman–Crippen MR) is 65.9 cm³/mol. The lowest BCUT2D eigenvalue weighted by molar-refractivity contribution is 0.350. The van der Waals surface area contributed by atoms with Gasteiger partial charge in [-0.2, -0.15) is 4.98 Å². The van der Waals surface area contributed by atoms with Crippen molar-refractivity contribution in [3.05, 3.63) is 41.8 Å². The second-order valence-corrected chi connectivity index (χ2v) is 4.85. The van der Waals surface area contributed by atoms with Gasteiger partial charge in [0.1, 0.15) is 0 Å². The van der Waals surface area contributed by atoms with E-state index in [1.165, 1.54) is 0 Å². The van der Waals surface area contributed by atoms with E-state index in [9.17, 15) is 0 Å². The zero-order chi connectivity index (χ0) is 12.4. The van der Waals surface area contributed by atoms with Crippen LogP contribution >= 0.6 is 0 Å². The van der Waals surface area contributed by atoms with Crippen LogP contribution in [-0.2, 0) is 6.42 Å². The highest BCUT2D eigenvalue weighted by Gasteiger charge is 2.27. The van der Waals surface area contributed by atoms with E-state index in [-0.39, 0.29) is 6.04 Å². The summed E-state index contributed by atoms with van der Waals surface area (Å²) in [5.41, 5.74) is 7.04. The van der Waals surface area contributed by atoms with Crippen molar-refractivity contribution < 1.29 is 4.52 Å². The van der Waals surface area contributed by atoms with Gasteiger partial charge < -0.3 is 10.3 Å². The van der Waals surface area contributed by atoms with E-state index in [0.717, 1.165) is 36.5 Å². The van der Waals surface area contributed by atoms with Crippen LogP contribution in [0.4, 0.5) is 0 Å². The van der Waals surface area contributed by atoms with Crippen molar-refractivity contribution in [2.75, 3.05) is 0 Å². The minimum Gasteiger partial charge on any atom is -0.339 e. The largest absolute Gasteiger partial charge is 0.339 e. The zero-order valence-corrected chi connectivity index (χ0v) is 10.1. The van der Waals surface area contributed by atoms with Gasteiger partial charge in [-0.05, 0) is 37.0 Å². The molecule has 0 unspecified atom stereocenters. The Kier molecular flexibility index (Phi) is 3.06. The molecule has 1 aliphatic rings. The molecule has 2 aromatic rings. The van der Waals surface area contributed by atoms with Crippen LogP contribution in [0.2, 0.25) is 0 Å². The Morgan fingerprint density at radius 2 is 2.11 bits per heavy atom. The zero-order valence-electron chi connectivity index (χ0n) is 10.1. The van der Waals surface area contributed by atoms with Crippen LogP contribution in [0.3, 0.4) is 0 Å². The molecule has 0 saturated heterocycles. The van der Waals surface area contributed by atoms with Gasteiger partial charge in [-0.3, -0.25) is 4.98 Å². The molecule has 94 valence electrons. The van der Waals surface area contributed by atoms with Crippen LogP contribution in [0.5, 0.6) is 0 Å². The lowest BCUT2D eigenvalue weighted by Crippen LogP contribution is -2.14. The number of pyridine rings is 1. The summed E-state index contributed by atoms with van der Waals surface area (Å²) >= 11 is 0. The fourth-order valence-electron chi connectivity index (χ4n) is 2.43. The van der Waals surface area contributed by atoms with Crippen molar-refractivity contribution in [2.45, 2.75) is 37.6 Å². The molecule has 0 aliphatic heterocycles. The van der Waals surface area contributed by atoms with Gasteiger partial charge in [0.05, 0.1) is 0 Å². The van der Waals surface area contributed by atoms with Crippen LogP contribution in [0, 0.1) is 0 Å². The van der Waals surface area contributed by atoms with E-state index in [1.54, 1.807) is 12.4 Å². The van der Waals surface area contributed by atoms with Gasteiger partial charge in [0.25, 0.3) is 0 Å². The molecule has 0 spiro atoms. The number of aromatic nitrogens is 3. The van der Waals surface area contributed by atoms with Gasteiger partial charge in [-0.15, -0.1) is 0 Å². The smallest absolute Gasteiger partial charge is 0.229 e. The molecule has 1 saturated carbocycles. The van der Waals surface area contributed by atoms with Gasteiger partial charge in [0, 0.05) is 30.8 Å². The molecular weight excluding hydrogens is 228 g/mol. The minimum absolute atomic E-state index is 0.283. The first-order valence-electron chi connectivity index (χ1n) is 6.28. The first-order chi connectivity index (χ1) is 8.81. The molecule has 0 aromatic carbocycles. The second kappa shape index (κ2) is 4.86. The summed E-state index contributed by atoms with van der Waals surface area (Å²) < 4.78 is 5.34. The number of nitrogens with zero attached hydrogens (tertiary/aromatic N) is 3. The Morgan fingerprint density at radius 3 is 2.83 bits per heavy atom. The molecule has 2 atom stereocenters. The molecule has 0 bridgehead atoms. The molecule has 5 nitrogen and oxygen atoms in total. The Morgan fingerprint density at radius 1 is 1.28 bits per heavy atom. The molecule has 2 N–H and O–H groups in total. The number of hydrogen-bond donors (Lipinski definition) is 1. The Bertz CT molecular complexity index is 511. The van der Waals surface area contributed by atoms with E-state index < -0.39 is 0 Å². The first-order valence-corrected chi connectivity index (χ1v) is 6.28. The SMILES string of the molecule is N[C@H]1CC[C@@H](c2nc(Cc3ccncc3)no2)C1. The maximum atomic E-state index is 5.90. The van der Waals surface area contributed by atoms with Crippen LogP contribution in [0.25, 0.3) is 0 Å². The Balaban J connectivity index is 1.70. The van der Waals surface area contributed by atoms with E-state index >= 15 is 0 Å². The maximum Gasteiger partial charge on any atom is 0.229 e. The van der Waals surface area contributed by atoms with Gasteiger partial charge in [-0.1, -0.05) is 5.16 Å². The quantitative estimate of drug-likeness (QED) is 0.888. The number of rotatable bonds is 3. The highest BCUT2D eigenvalue weighted by Crippen LogP contribution is 2.32. The molecule has 0 amide bonds. The summed E-state index contributed by atoms with van der Waals surface area (Å²) in [5.74, 6) is 1.82. The Hall–Kier alpha value is -1.75. The molecule has 3 rings (SSSR count). The standard InChI is InChI=1S/C13H16N4O/c14-11-2-1-10(8-11)13-16-12(17-18-13)7-9-3-5-15-6-4-9/h3-6,10-11H,1-2,7-8,14H2/t10-,11+/m1/s1. The summed E-state index contributed by atoms with van der Waals surface area (Å²) in [6, 6.07) is 4.20. The van der Waals surface area contributed by atoms with E-state index in [2.05, 4.69) is 15.1 Å². The van der Waals surface area contributed by atoms with Crippen molar-refractivity contribution in [3.63, 3.8) is 0 Å². The summed E-state index contributed by atoms with van der Waals surface area (Å²) in [7, 11) is 0. The lowest BCUT2D eigenvalue weighted by Gasteiger charge is -2.01. The molecule has 2 heterocycles. The fraction of sp³-hybridized carbons (Fsp3) is 0.462. The molecular formula is C13H16N4O. The third-order valence-corrected chi connectivity index (χ3v) is 3.42. The van der Waals surface area contributed by atoms with Crippen LogP contribution in [-0.4, -0.2) is 21.2 Å². The predicted octanol–water partition coefficient (Wildman–Crippen LogP) is 1.65. The van der Waals surface area contributed by atoms with Gasteiger partial charge in [-0.25, -0.2) is 0 Å². The fourth-order valence-corrected chi connectivity index (χ4v) is 2.43. The second-order valence-electron chi connectivity index (χ2n) is 4.85. The van der Waals surface area contributed by atoms with Gasteiger partial charge in [0.15, 0.2) is 5.82 Å². The third kappa shape index (κ3) is 2.41. The lowest BCUT2D eigenvalue weighted by atomic mass is 10.1. The average molecular weight is 244 g/mol. The summed E-state index contributed by atoms with van der Waals surface area (Å²) in [6.45, 7) is 0. The highest BCUT2D eigenvalue weighted by molar-refractivity contribution is 5.15. The maximum absolute atomic E-state index is 5.90. The first kappa shape index (κ1) is 11.3. The normalized spacial score (nSPS) is 23.4. The number of nitrogens with two attached hydrogens (primary N) is 1. The molecule has 5 heteroatoms. The Labute approximate surface area is 105 Å². The molecule has 2 aromatic heterocycles. The van der Waals surface area contributed by atoms with Crippen molar-refractivity contribution in [1.82, 2.24) is 15.1 Å². The average Bonchev–Trinajstić information content (AvgIpc) is 2.99. The molecule has 1 fully saturated rings. The van der Waals surface area contributed by atoms with Crippen molar-refractivity contribution in [2.24, 2.45) is 5.73 Å². The van der Waals surface area contributed by atoms with Crippen LogP contribution < -0.4 is 5.73 Å². The van der Waals surface area contributed by atoms with Crippen molar-refractivity contribution >= 4 is 0 Å². The van der Waals surface area contributed by atoms with E-state index in [0.29, 0.717) is 12.3 Å². The van der Waals surface area contributed by atoms with Crippen LogP contribution in [0.1, 0.15) is 42.5 Å². The summed E-state index contributed by atoms with van der Waals surface area (Å²) in [5, 5.41) is 4.03. The third-order valence-electron chi connectivity index (χ3n) is 3.42. The van der Waals surface area contributed by atoms with Crippen molar-refractivity contribution in [3.8, 4) is 0 Å². The van der Waals surface area contributed by atoms with Crippen LogP contribution in [0.15, 0.2) is 29.0 Å². The topological polar surface area (TPSA) is 77.8 Å². The van der Waals surface area contributed by atoms with Gasteiger partial charge in [0.2, 0.25) is 5.89 Å². The molecule has 0 radical (unpaired) electrons. The summed E-state index contributed by atoms with van der Waals surface area (Å²) in [4.78, 5) is 8.45. The number of hydrogen-bond acceptors (Lipinski definition) is 5.